The van der Waals surface area contributed by atoms with Crippen LogP contribution < -0.4 is 5.32 Å². The van der Waals surface area contributed by atoms with E-state index in [1.807, 2.05) is 19.9 Å². The summed E-state index contributed by atoms with van der Waals surface area (Å²) in [4.78, 5) is 0. The van der Waals surface area contributed by atoms with Gasteiger partial charge in [0.2, 0.25) is 0 Å². The summed E-state index contributed by atoms with van der Waals surface area (Å²) in [6, 6.07) is 10.8. The van der Waals surface area contributed by atoms with Crippen LogP contribution in [0.25, 0.3) is 0 Å². The fraction of sp³-hybridized carbons (Fsp3) is 0.625. The summed E-state index contributed by atoms with van der Waals surface area (Å²) in [5.74, 6) is 0.505. The highest BCUT2D eigenvalue weighted by atomic mass is 16.3. The molecule has 0 radical (unpaired) electrons. The van der Waals surface area contributed by atoms with Gasteiger partial charge >= 0.3 is 0 Å². The van der Waals surface area contributed by atoms with E-state index >= 15 is 0 Å². The van der Waals surface area contributed by atoms with Crippen LogP contribution in [0, 0.1) is 5.92 Å². The van der Waals surface area contributed by atoms with Gasteiger partial charge in [0.1, 0.15) is 0 Å². The second kappa shape index (κ2) is 6.91. The zero-order valence-corrected chi connectivity index (χ0v) is 12.1. The third-order valence-electron chi connectivity index (χ3n) is 3.79. The van der Waals surface area contributed by atoms with Gasteiger partial charge in [0, 0.05) is 12.6 Å². The van der Waals surface area contributed by atoms with Crippen LogP contribution in [0.1, 0.15) is 52.1 Å². The van der Waals surface area contributed by atoms with Crippen molar-refractivity contribution < 1.29 is 5.11 Å². The summed E-state index contributed by atoms with van der Waals surface area (Å²) in [6.07, 6.45) is 1.58. The number of nitrogens with one attached hydrogen (secondary N) is 1. The molecule has 0 saturated carbocycles. The molecule has 1 unspecified atom stereocenters. The van der Waals surface area contributed by atoms with Crippen molar-refractivity contribution in [1.82, 2.24) is 5.32 Å². The Bertz CT molecular complexity index is 330. The fourth-order valence-corrected chi connectivity index (χ4v) is 2.20. The Morgan fingerprint density at radius 2 is 1.67 bits per heavy atom. The molecule has 2 nitrogen and oxygen atoms in total. The minimum atomic E-state index is -0.581. The average Bonchev–Trinajstić information content (AvgIpc) is 2.39. The molecule has 0 amide bonds. The van der Waals surface area contributed by atoms with Gasteiger partial charge in [-0.25, -0.2) is 0 Å². The van der Waals surface area contributed by atoms with Crippen molar-refractivity contribution in [2.45, 2.75) is 52.2 Å². The van der Waals surface area contributed by atoms with Crippen LogP contribution in [0.3, 0.4) is 0 Å². The lowest BCUT2D eigenvalue weighted by Gasteiger charge is -2.30. The lowest BCUT2D eigenvalue weighted by atomic mass is 9.93. The molecule has 1 rings (SSSR count). The highest BCUT2D eigenvalue weighted by Crippen LogP contribution is 2.23. The van der Waals surface area contributed by atoms with E-state index in [0.29, 0.717) is 18.5 Å². The maximum Gasteiger partial charge on any atom is 0.0766 e. The van der Waals surface area contributed by atoms with Crippen LogP contribution in [0.2, 0.25) is 0 Å². The van der Waals surface area contributed by atoms with Crippen molar-refractivity contribution in [3.63, 3.8) is 0 Å². The largest absolute Gasteiger partial charge is 0.389 e. The predicted molar refractivity (Wildman–Crippen MR) is 77.6 cm³/mol. The maximum atomic E-state index is 10.3. The molecule has 0 saturated heterocycles. The summed E-state index contributed by atoms with van der Waals surface area (Å²) in [7, 11) is 0. The van der Waals surface area contributed by atoms with Crippen LogP contribution in [0.4, 0.5) is 0 Å². The molecule has 0 bridgehead atoms. The molecular formula is C16H27NO. The number of hydrogen-bond acceptors (Lipinski definition) is 2. The molecule has 0 aliphatic carbocycles. The van der Waals surface area contributed by atoms with Gasteiger partial charge < -0.3 is 10.4 Å². The van der Waals surface area contributed by atoms with Gasteiger partial charge in [-0.15, -0.1) is 0 Å². The molecule has 0 heterocycles. The molecule has 0 fully saturated rings. The molecular weight excluding hydrogens is 222 g/mol. The van der Waals surface area contributed by atoms with Gasteiger partial charge in [0.25, 0.3) is 0 Å². The zero-order valence-electron chi connectivity index (χ0n) is 12.1. The average molecular weight is 249 g/mol. The van der Waals surface area contributed by atoms with Crippen molar-refractivity contribution in [2.24, 2.45) is 5.92 Å². The molecule has 1 aromatic rings. The second-order valence-electron chi connectivity index (χ2n) is 5.44. The van der Waals surface area contributed by atoms with Crippen molar-refractivity contribution >= 4 is 0 Å². The lowest BCUT2D eigenvalue weighted by Crippen LogP contribution is -2.42. The SMILES string of the molecule is CCC(O)(CC)CNC(c1ccccc1)C(C)C. The first-order valence-corrected chi connectivity index (χ1v) is 7.03. The number of hydrogen-bond donors (Lipinski definition) is 2. The summed E-state index contributed by atoms with van der Waals surface area (Å²) < 4.78 is 0. The summed E-state index contributed by atoms with van der Waals surface area (Å²) in [5, 5.41) is 13.9. The van der Waals surface area contributed by atoms with E-state index in [4.69, 9.17) is 0 Å². The van der Waals surface area contributed by atoms with Crippen molar-refractivity contribution in [3.05, 3.63) is 35.9 Å². The molecule has 102 valence electrons. The Balaban J connectivity index is 2.71. The van der Waals surface area contributed by atoms with Gasteiger partial charge in [-0.2, -0.15) is 0 Å². The minimum Gasteiger partial charge on any atom is -0.389 e. The first-order valence-electron chi connectivity index (χ1n) is 7.03. The Morgan fingerprint density at radius 1 is 1.11 bits per heavy atom. The van der Waals surface area contributed by atoms with E-state index in [2.05, 4.69) is 43.4 Å². The van der Waals surface area contributed by atoms with Crippen molar-refractivity contribution in [1.29, 1.82) is 0 Å². The lowest BCUT2D eigenvalue weighted by molar-refractivity contribution is 0.0283. The first kappa shape index (κ1) is 15.2. The Hall–Kier alpha value is -0.860. The summed E-state index contributed by atoms with van der Waals surface area (Å²) in [5.41, 5.74) is 0.712. The first-order chi connectivity index (χ1) is 8.52. The van der Waals surface area contributed by atoms with Crippen LogP contribution in [0.15, 0.2) is 30.3 Å². The van der Waals surface area contributed by atoms with E-state index in [0.717, 1.165) is 12.8 Å². The number of aliphatic hydroxyl groups is 1. The molecule has 0 aromatic heterocycles. The third kappa shape index (κ3) is 4.11. The van der Waals surface area contributed by atoms with Crippen LogP contribution in [0.5, 0.6) is 0 Å². The van der Waals surface area contributed by atoms with E-state index in [-0.39, 0.29) is 0 Å². The zero-order chi connectivity index (χ0) is 13.6. The van der Waals surface area contributed by atoms with E-state index in [1.54, 1.807) is 0 Å². The molecule has 0 spiro atoms. The third-order valence-corrected chi connectivity index (χ3v) is 3.79. The maximum absolute atomic E-state index is 10.3. The van der Waals surface area contributed by atoms with Crippen LogP contribution in [-0.4, -0.2) is 17.3 Å². The van der Waals surface area contributed by atoms with Crippen LogP contribution in [-0.2, 0) is 0 Å². The van der Waals surface area contributed by atoms with Crippen molar-refractivity contribution in [2.75, 3.05) is 6.54 Å². The quantitative estimate of drug-likeness (QED) is 0.775. The molecule has 1 atom stereocenters. The van der Waals surface area contributed by atoms with E-state index < -0.39 is 5.60 Å². The van der Waals surface area contributed by atoms with Gasteiger partial charge in [0.15, 0.2) is 0 Å². The predicted octanol–water partition coefficient (Wildman–Crippen LogP) is 3.52. The molecule has 2 heteroatoms. The van der Waals surface area contributed by atoms with Gasteiger partial charge in [-0.3, -0.25) is 0 Å². The normalized spacial score (nSPS) is 13.9. The van der Waals surface area contributed by atoms with Gasteiger partial charge in [-0.05, 0) is 24.3 Å². The van der Waals surface area contributed by atoms with Crippen molar-refractivity contribution in [3.8, 4) is 0 Å². The Kier molecular flexibility index (Phi) is 5.83. The smallest absolute Gasteiger partial charge is 0.0766 e. The number of benzene rings is 1. The van der Waals surface area contributed by atoms with Gasteiger partial charge in [-0.1, -0.05) is 58.0 Å². The van der Waals surface area contributed by atoms with E-state index in [1.165, 1.54) is 5.56 Å². The highest BCUT2D eigenvalue weighted by molar-refractivity contribution is 5.19. The van der Waals surface area contributed by atoms with Gasteiger partial charge in [0.05, 0.1) is 5.60 Å². The molecule has 0 aliphatic rings. The fourth-order valence-electron chi connectivity index (χ4n) is 2.20. The van der Waals surface area contributed by atoms with E-state index in [9.17, 15) is 5.11 Å². The molecule has 18 heavy (non-hydrogen) atoms. The highest BCUT2D eigenvalue weighted by Gasteiger charge is 2.24. The van der Waals surface area contributed by atoms with Crippen LogP contribution >= 0.6 is 0 Å². The molecule has 2 N–H and O–H groups in total. The standard InChI is InChI=1S/C16H27NO/c1-5-16(18,6-2)12-17-15(13(3)4)14-10-8-7-9-11-14/h7-11,13,15,17-18H,5-6,12H2,1-4H3. The second-order valence-corrected chi connectivity index (χ2v) is 5.44. The summed E-state index contributed by atoms with van der Waals surface area (Å²) >= 11 is 0. The Morgan fingerprint density at radius 3 is 2.11 bits per heavy atom. The molecule has 0 aliphatic heterocycles. The molecule has 1 aromatic carbocycles. The topological polar surface area (TPSA) is 32.3 Å². The summed E-state index contributed by atoms with van der Waals surface area (Å²) in [6.45, 7) is 9.15. The monoisotopic (exact) mass is 249 g/mol. The Labute approximate surface area is 111 Å². The minimum absolute atomic E-state index is 0.302. The number of rotatable bonds is 7.